The van der Waals surface area contributed by atoms with Crippen LogP contribution in [0.15, 0.2) is 18.5 Å². The molecule has 3 rings (SSSR count). The summed E-state index contributed by atoms with van der Waals surface area (Å²) in [7, 11) is 0. The molecular formula is C12H13F3N4O. The Kier molecular flexibility index (Phi) is 2.86. The van der Waals surface area contributed by atoms with Gasteiger partial charge in [0.2, 0.25) is 0 Å². The molecule has 2 aromatic heterocycles. The van der Waals surface area contributed by atoms with Crippen molar-refractivity contribution in [2.45, 2.75) is 31.0 Å². The van der Waals surface area contributed by atoms with E-state index in [1.807, 2.05) is 0 Å². The van der Waals surface area contributed by atoms with E-state index >= 15 is 0 Å². The Hall–Kier alpha value is -1.83. The average molecular weight is 286 g/mol. The van der Waals surface area contributed by atoms with Crippen LogP contribution in [0, 0.1) is 0 Å². The Morgan fingerprint density at radius 3 is 2.75 bits per heavy atom. The van der Waals surface area contributed by atoms with E-state index in [1.54, 1.807) is 0 Å². The van der Waals surface area contributed by atoms with Crippen molar-refractivity contribution in [2.24, 2.45) is 0 Å². The summed E-state index contributed by atoms with van der Waals surface area (Å²) in [5, 5.41) is 16.4. The summed E-state index contributed by atoms with van der Waals surface area (Å²) in [5.41, 5.74) is -1.50. The first-order chi connectivity index (χ1) is 9.37. The van der Waals surface area contributed by atoms with E-state index in [1.165, 1.54) is 12.4 Å². The van der Waals surface area contributed by atoms with Crippen LogP contribution in [0.3, 0.4) is 0 Å². The molecule has 0 aromatic carbocycles. The van der Waals surface area contributed by atoms with E-state index < -0.39 is 17.5 Å². The van der Waals surface area contributed by atoms with Crippen molar-refractivity contribution in [3.8, 4) is 0 Å². The number of nitrogens with one attached hydrogen (secondary N) is 1. The highest BCUT2D eigenvalue weighted by Crippen LogP contribution is 2.33. The molecule has 0 radical (unpaired) electrons. The van der Waals surface area contributed by atoms with Crippen LogP contribution in [0.5, 0.6) is 0 Å². The first-order valence-corrected chi connectivity index (χ1v) is 6.25. The summed E-state index contributed by atoms with van der Waals surface area (Å²) >= 11 is 0. The zero-order valence-electron chi connectivity index (χ0n) is 10.5. The molecule has 0 aliphatic heterocycles. The number of rotatable bonds is 3. The second-order valence-corrected chi connectivity index (χ2v) is 5.06. The standard InChI is InChI=1S/C12H13F3N4O/c13-12(14,15)9-6-8-10(16-4-5-19(8)18-9)17-7-11(20)2-1-3-11/h4-6,20H,1-3,7H2,(H,16,17). The van der Waals surface area contributed by atoms with E-state index in [2.05, 4.69) is 15.4 Å². The molecule has 8 heteroatoms. The van der Waals surface area contributed by atoms with Gasteiger partial charge in [-0.25, -0.2) is 9.50 Å². The number of hydrogen-bond acceptors (Lipinski definition) is 4. The number of aliphatic hydroxyl groups is 1. The van der Waals surface area contributed by atoms with Crippen LogP contribution in [0.1, 0.15) is 25.0 Å². The van der Waals surface area contributed by atoms with Crippen molar-refractivity contribution < 1.29 is 18.3 Å². The maximum atomic E-state index is 12.6. The second-order valence-electron chi connectivity index (χ2n) is 5.06. The lowest BCUT2D eigenvalue weighted by atomic mass is 9.80. The van der Waals surface area contributed by atoms with Gasteiger partial charge in [0.1, 0.15) is 5.52 Å². The third kappa shape index (κ3) is 2.31. The predicted molar refractivity (Wildman–Crippen MR) is 65.3 cm³/mol. The molecule has 2 heterocycles. The van der Waals surface area contributed by atoms with Gasteiger partial charge in [-0.3, -0.25) is 0 Å². The molecular weight excluding hydrogens is 273 g/mol. The first-order valence-electron chi connectivity index (χ1n) is 6.25. The van der Waals surface area contributed by atoms with Crippen molar-refractivity contribution in [3.05, 3.63) is 24.2 Å². The van der Waals surface area contributed by atoms with Gasteiger partial charge in [0.05, 0.1) is 5.60 Å². The summed E-state index contributed by atoms with van der Waals surface area (Å²) in [4.78, 5) is 4.01. The summed E-state index contributed by atoms with van der Waals surface area (Å²) in [6.07, 6.45) is 0.573. The van der Waals surface area contributed by atoms with Crippen LogP contribution in [-0.2, 0) is 6.18 Å². The molecule has 0 amide bonds. The highest BCUT2D eigenvalue weighted by molar-refractivity contribution is 5.68. The van der Waals surface area contributed by atoms with E-state index in [0.717, 1.165) is 17.0 Å². The van der Waals surface area contributed by atoms with E-state index in [0.29, 0.717) is 12.8 Å². The Balaban J connectivity index is 1.88. The van der Waals surface area contributed by atoms with E-state index in [-0.39, 0.29) is 17.9 Å². The van der Waals surface area contributed by atoms with Crippen LogP contribution in [0.4, 0.5) is 19.0 Å². The van der Waals surface area contributed by atoms with E-state index in [4.69, 9.17) is 0 Å². The van der Waals surface area contributed by atoms with Crippen LogP contribution in [-0.4, -0.2) is 31.9 Å². The van der Waals surface area contributed by atoms with Gasteiger partial charge in [0.15, 0.2) is 11.5 Å². The highest BCUT2D eigenvalue weighted by atomic mass is 19.4. The number of halogens is 3. The number of hydrogen-bond donors (Lipinski definition) is 2. The van der Waals surface area contributed by atoms with Gasteiger partial charge in [0.25, 0.3) is 0 Å². The molecule has 1 fully saturated rings. The molecule has 0 saturated heterocycles. The molecule has 2 N–H and O–H groups in total. The summed E-state index contributed by atoms with van der Waals surface area (Å²) < 4.78 is 39.0. The molecule has 1 aliphatic carbocycles. The number of anilines is 1. The molecule has 5 nitrogen and oxygen atoms in total. The van der Waals surface area contributed by atoms with Gasteiger partial charge in [-0.15, -0.1) is 0 Å². The fraction of sp³-hybridized carbons (Fsp3) is 0.500. The van der Waals surface area contributed by atoms with Gasteiger partial charge in [0, 0.05) is 25.0 Å². The van der Waals surface area contributed by atoms with Gasteiger partial charge >= 0.3 is 6.18 Å². The fourth-order valence-corrected chi connectivity index (χ4v) is 2.21. The minimum absolute atomic E-state index is 0.239. The summed E-state index contributed by atoms with van der Waals surface area (Å²) in [6.45, 7) is 0.270. The molecule has 0 bridgehead atoms. The molecule has 1 aliphatic rings. The zero-order chi connectivity index (χ0) is 14.4. The third-order valence-corrected chi connectivity index (χ3v) is 3.55. The quantitative estimate of drug-likeness (QED) is 0.906. The predicted octanol–water partition coefficient (Wildman–Crippen LogP) is 2.07. The zero-order valence-corrected chi connectivity index (χ0v) is 10.5. The first kappa shape index (κ1) is 13.2. The fourth-order valence-electron chi connectivity index (χ4n) is 2.21. The smallest absolute Gasteiger partial charge is 0.388 e. The maximum Gasteiger partial charge on any atom is 0.435 e. The Morgan fingerprint density at radius 2 is 2.15 bits per heavy atom. The summed E-state index contributed by atoms with van der Waals surface area (Å²) in [6, 6.07) is 0.945. The molecule has 0 atom stereocenters. The maximum absolute atomic E-state index is 12.6. The summed E-state index contributed by atoms with van der Waals surface area (Å²) in [5.74, 6) is 0.288. The van der Waals surface area contributed by atoms with Crippen LogP contribution >= 0.6 is 0 Å². The van der Waals surface area contributed by atoms with Crippen molar-refractivity contribution in [1.29, 1.82) is 0 Å². The number of nitrogens with zero attached hydrogens (tertiary/aromatic N) is 3. The third-order valence-electron chi connectivity index (χ3n) is 3.55. The van der Waals surface area contributed by atoms with Crippen LogP contribution in [0.25, 0.3) is 5.52 Å². The largest absolute Gasteiger partial charge is 0.435 e. The van der Waals surface area contributed by atoms with Gasteiger partial charge in [-0.2, -0.15) is 18.3 Å². The van der Waals surface area contributed by atoms with Gasteiger partial charge in [-0.05, 0) is 19.3 Å². The second kappa shape index (κ2) is 4.34. The van der Waals surface area contributed by atoms with E-state index in [9.17, 15) is 18.3 Å². The molecule has 20 heavy (non-hydrogen) atoms. The lowest BCUT2D eigenvalue weighted by Crippen LogP contribution is -2.43. The van der Waals surface area contributed by atoms with Crippen molar-refractivity contribution in [3.63, 3.8) is 0 Å². The average Bonchev–Trinajstić information content (AvgIpc) is 2.78. The Bertz CT molecular complexity index is 633. The molecule has 0 spiro atoms. The molecule has 2 aromatic rings. The lowest BCUT2D eigenvalue weighted by Gasteiger charge is -2.36. The SMILES string of the molecule is OC1(CNc2nccn3nc(C(F)(F)F)cc23)CCC1. The van der Waals surface area contributed by atoms with Crippen LogP contribution in [0.2, 0.25) is 0 Å². The van der Waals surface area contributed by atoms with Gasteiger partial charge < -0.3 is 10.4 Å². The van der Waals surface area contributed by atoms with Crippen molar-refractivity contribution in [1.82, 2.24) is 14.6 Å². The topological polar surface area (TPSA) is 62.5 Å². The minimum atomic E-state index is -4.49. The number of alkyl halides is 3. The normalized spacial score (nSPS) is 18.0. The molecule has 1 saturated carbocycles. The number of fused-ring (bicyclic) bond motifs is 1. The monoisotopic (exact) mass is 286 g/mol. The Labute approximate surface area is 112 Å². The molecule has 0 unspecified atom stereocenters. The minimum Gasteiger partial charge on any atom is -0.388 e. The lowest BCUT2D eigenvalue weighted by molar-refractivity contribution is -0.141. The highest BCUT2D eigenvalue weighted by Gasteiger charge is 2.36. The van der Waals surface area contributed by atoms with Crippen LogP contribution < -0.4 is 5.32 Å². The van der Waals surface area contributed by atoms with Crippen molar-refractivity contribution in [2.75, 3.05) is 11.9 Å². The van der Waals surface area contributed by atoms with Gasteiger partial charge in [-0.1, -0.05) is 0 Å². The number of aromatic nitrogens is 3. The molecule has 108 valence electrons. The Morgan fingerprint density at radius 1 is 1.40 bits per heavy atom. The van der Waals surface area contributed by atoms with Crippen molar-refractivity contribution >= 4 is 11.3 Å².